The molecule has 0 spiro atoms. The van der Waals surface area contributed by atoms with Crippen LogP contribution in [0.3, 0.4) is 0 Å². The van der Waals surface area contributed by atoms with Gasteiger partial charge in [-0.1, -0.05) is 11.6 Å². The van der Waals surface area contributed by atoms with Gasteiger partial charge in [-0.2, -0.15) is 0 Å². The number of aromatic nitrogens is 1. The first-order valence-electron chi connectivity index (χ1n) is 5.07. The Morgan fingerprint density at radius 2 is 2.19 bits per heavy atom. The molecule has 0 amide bonds. The van der Waals surface area contributed by atoms with Crippen molar-refractivity contribution in [3.05, 3.63) is 23.1 Å². The van der Waals surface area contributed by atoms with E-state index in [1.165, 1.54) is 12.3 Å². The summed E-state index contributed by atoms with van der Waals surface area (Å²) in [6.07, 6.45) is 2.99. The maximum Gasteiger partial charge on any atom is 0.166 e. The van der Waals surface area contributed by atoms with Crippen LogP contribution >= 0.6 is 11.6 Å². The first kappa shape index (κ1) is 11.8. The zero-order chi connectivity index (χ0) is 11.5. The fourth-order valence-corrected chi connectivity index (χ4v) is 3.10. The number of nitrogens with zero attached hydrogens (tertiary/aromatic N) is 1. The second-order valence-corrected chi connectivity index (χ2v) is 5.88. The van der Waals surface area contributed by atoms with Gasteiger partial charge < -0.3 is 5.32 Å². The molecule has 0 atom stereocenters. The van der Waals surface area contributed by atoms with Crippen molar-refractivity contribution in [3.63, 3.8) is 0 Å². The molecule has 0 radical (unpaired) electrons. The predicted octanol–water partition coefficient (Wildman–Crippen LogP) is 2.20. The van der Waals surface area contributed by atoms with Gasteiger partial charge in [-0.3, -0.25) is 4.21 Å². The van der Waals surface area contributed by atoms with E-state index in [4.69, 9.17) is 11.6 Å². The monoisotopic (exact) mass is 262 g/mol. The van der Waals surface area contributed by atoms with Crippen molar-refractivity contribution in [2.75, 3.05) is 16.8 Å². The fourth-order valence-electron chi connectivity index (χ4n) is 1.65. The van der Waals surface area contributed by atoms with Gasteiger partial charge in [0.15, 0.2) is 11.6 Å². The number of nitrogens with one attached hydrogen (secondary N) is 1. The van der Waals surface area contributed by atoms with Gasteiger partial charge in [0, 0.05) is 34.5 Å². The number of pyridine rings is 1. The molecule has 3 nitrogen and oxygen atoms in total. The quantitative estimate of drug-likeness (QED) is 0.889. The third-order valence-electron chi connectivity index (χ3n) is 2.54. The van der Waals surface area contributed by atoms with Gasteiger partial charge >= 0.3 is 0 Å². The fraction of sp³-hybridized carbons (Fsp3) is 0.500. The van der Waals surface area contributed by atoms with E-state index in [1.807, 2.05) is 0 Å². The van der Waals surface area contributed by atoms with Gasteiger partial charge in [-0.15, -0.1) is 0 Å². The molecule has 2 rings (SSSR count). The van der Waals surface area contributed by atoms with E-state index < -0.39 is 16.6 Å². The van der Waals surface area contributed by atoms with Gasteiger partial charge in [0.2, 0.25) is 0 Å². The van der Waals surface area contributed by atoms with E-state index in [0.717, 1.165) is 12.8 Å². The SMILES string of the molecule is O=S1CCC(Nc2ncc(Cl)cc2F)CC1. The van der Waals surface area contributed by atoms with Crippen molar-refractivity contribution in [3.8, 4) is 0 Å². The van der Waals surface area contributed by atoms with Crippen LogP contribution in [-0.4, -0.2) is 26.7 Å². The lowest BCUT2D eigenvalue weighted by Crippen LogP contribution is -2.30. The van der Waals surface area contributed by atoms with Crippen molar-refractivity contribution < 1.29 is 8.60 Å². The zero-order valence-electron chi connectivity index (χ0n) is 8.58. The molecule has 0 aromatic carbocycles. The highest BCUT2D eigenvalue weighted by molar-refractivity contribution is 7.85. The van der Waals surface area contributed by atoms with Crippen LogP contribution in [0.25, 0.3) is 0 Å². The average Bonchev–Trinajstić information content (AvgIpc) is 2.25. The molecular weight excluding hydrogens is 251 g/mol. The normalized spacial score (nSPS) is 25.4. The molecule has 1 aliphatic rings. The summed E-state index contributed by atoms with van der Waals surface area (Å²) >= 11 is 5.61. The highest BCUT2D eigenvalue weighted by Gasteiger charge is 2.19. The zero-order valence-corrected chi connectivity index (χ0v) is 10.2. The standard InChI is InChI=1S/C10H12ClFN2OS/c11-7-5-9(12)10(13-6-7)14-8-1-3-16(15)4-2-8/h5-6,8H,1-4H2,(H,13,14). The van der Waals surface area contributed by atoms with E-state index in [9.17, 15) is 8.60 Å². The van der Waals surface area contributed by atoms with Crippen LogP contribution in [0.5, 0.6) is 0 Å². The summed E-state index contributed by atoms with van der Waals surface area (Å²) in [5.41, 5.74) is 0. The minimum atomic E-state index is -0.703. The summed E-state index contributed by atoms with van der Waals surface area (Å²) in [5, 5.41) is 3.30. The van der Waals surface area contributed by atoms with Crippen molar-refractivity contribution >= 4 is 28.2 Å². The number of rotatable bonds is 2. The van der Waals surface area contributed by atoms with Crippen molar-refractivity contribution in [2.45, 2.75) is 18.9 Å². The molecule has 0 bridgehead atoms. The van der Waals surface area contributed by atoms with Crippen LogP contribution in [0.4, 0.5) is 10.2 Å². The van der Waals surface area contributed by atoms with Crippen LogP contribution in [0, 0.1) is 5.82 Å². The molecule has 1 saturated heterocycles. The Hall–Kier alpha value is -0.680. The lowest BCUT2D eigenvalue weighted by atomic mass is 10.1. The lowest BCUT2D eigenvalue weighted by Gasteiger charge is -2.23. The number of halogens is 2. The van der Waals surface area contributed by atoms with Gasteiger partial charge in [0.1, 0.15) is 0 Å². The van der Waals surface area contributed by atoms with E-state index in [1.54, 1.807) is 0 Å². The first-order valence-corrected chi connectivity index (χ1v) is 6.94. The molecule has 2 heterocycles. The molecule has 1 N–H and O–H groups in total. The molecule has 1 aromatic rings. The lowest BCUT2D eigenvalue weighted by molar-refractivity contribution is 0.598. The molecule has 1 aromatic heterocycles. The molecule has 6 heteroatoms. The number of hydrogen-bond acceptors (Lipinski definition) is 3. The highest BCUT2D eigenvalue weighted by atomic mass is 35.5. The Morgan fingerprint density at radius 1 is 1.50 bits per heavy atom. The maximum absolute atomic E-state index is 13.4. The van der Waals surface area contributed by atoms with E-state index in [2.05, 4.69) is 10.3 Å². The van der Waals surface area contributed by atoms with Crippen molar-refractivity contribution in [1.29, 1.82) is 0 Å². The molecule has 0 aliphatic carbocycles. The molecule has 16 heavy (non-hydrogen) atoms. The van der Waals surface area contributed by atoms with Crippen LogP contribution < -0.4 is 5.32 Å². The largest absolute Gasteiger partial charge is 0.365 e. The number of anilines is 1. The Kier molecular flexibility index (Phi) is 3.76. The van der Waals surface area contributed by atoms with Crippen LogP contribution in [-0.2, 0) is 10.8 Å². The smallest absolute Gasteiger partial charge is 0.166 e. The summed E-state index contributed by atoms with van der Waals surface area (Å²) in [4.78, 5) is 3.90. The van der Waals surface area contributed by atoms with Gasteiger partial charge in [-0.25, -0.2) is 9.37 Å². The predicted molar refractivity (Wildman–Crippen MR) is 63.7 cm³/mol. The van der Waals surface area contributed by atoms with Gasteiger partial charge in [0.25, 0.3) is 0 Å². The Balaban J connectivity index is 2.01. The van der Waals surface area contributed by atoms with E-state index >= 15 is 0 Å². The second-order valence-electron chi connectivity index (χ2n) is 3.75. The van der Waals surface area contributed by atoms with Gasteiger partial charge in [0.05, 0.1) is 5.02 Å². The van der Waals surface area contributed by atoms with Crippen LogP contribution in [0.1, 0.15) is 12.8 Å². The number of hydrogen-bond donors (Lipinski definition) is 1. The summed E-state index contributed by atoms with van der Waals surface area (Å²) in [5.74, 6) is 1.13. The van der Waals surface area contributed by atoms with Crippen LogP contribution in [0.2, 0.25) is 5.02 Å². The third-order valence-corrected chi connectivity index (χ3v) is 4.13. The Labute approximate surface area is 101 Å². The van der Waals surface area contributed by atoms with Crippen LogP contribution in [0.15, 0.2) is 12.3 Å². The molecular formula is C10H12ClFN2OS. The summed E-state index contributed by atoms with van der Waals surface area (Å²) < 4.78 is 24.6. The molecule has 0 saturated carbocycles. The molecule has 1 aliphatic heterocycles. The average molecular weight is 263 g/mol. The summed E-state index contributed by atoms with van der Waals surface area (Å²) in [6.45, 7) is 0. The summed E-state index contributed by atoms with van der Waals surface area (Å²) in [6, 6.07) is 1.39. The molecule has 88 valence electrons. The third kappa shape index (κ3) is 2.92. The minimum absolute atomic E-state index is 0.154. The van der Waals surface area contributed by atoms with E-state index in [0.29, 0.717) is 11.5 Å². The summed E-state index contributed by atoms with van der Waals surface area (Å²) in [7, 11) is -0.703. The Morgan fingerprint density at radius 3 is 2.81 bits per heavy atom. The highest BCUT2D eigenvalue weighted by Crippen LogP contribution is 2.19. The topological polar surface area (TPSA) is 42.0 Å². The molecule has 0 unspecified atom stereocenters. The van der Waals surface area contributed by atoms with Crippen molar-refractivity contribution in [1.82, 2.24) is 4.98 Å². The molecule has 1 fully saturated rings. The maximum atomic E-state index is 13.4. The van der Waals surface area contributed by atoms with Crippen molar-refractivity contribution in [2.24, 2.45) is 0 Å². The second kappa shape index (κ2) is 5.10. The van der Waals surface area contributed by atoms with Gasteiger partial charge in [-0.05, 0) is 18.9 Å². The Bertz CT molecular complexity index is 406. The first-order chi connectivity index (χ1) is 7.65. The van der Waals surface area contributed by atoms with E-state index in [-0.39, 0.29) is 16.9 Å². The minimum Gasteiger partial charge on any atom is -0.365 e.